The zero-order valence-electron chi connectivity index (χ0n) is 16.5. The first-order valence-electron chi connectivity index (χ1n) is 9.65. The molecule has 0 unspecified atom stereocenters. The minimum atomic E-state index is -3.05. The summed E-state index contributed by atoms with van der Waals surface area (Å²) in [5.74, 6) is 0.0780. The molecule has 2 aromatic carbocycles. The van der Waals surface area contributed by atoms with E-state index in [4.69, 9.17) is 0 Å². The second-order valence-corrected chi connectivity index (χ2v) is 11.2. The number of benzene rings is 2. The largest absolute Gasteiger partial charge is 0.342 e. The number of aryl methyl sites for hydroxylation is 2. The van der Waals surface area contributed by atoms with Gasteiger partial charge in [-0.05, 0) is 25.0 Å². The second kappa shape index (κ2) is 7.95. The number of hydrogen-bond acceptors (Lipinski definition) is 4. The Morgan fingerprint density at radius 1 is 1.07 bits per heavy atom. The van der Waals surface area contributed by atoms with Gasteiger partial charge in [0.15, 0.2) is 15.0 Å². The van der Waals surface area contributed by atoms with Gasteiger partial charge in [0.1, 0.15) is 0 Å². The lowest BCUT2D eigenvalue weighted by atomic mass is 10.1. The smallest absolute Gasteiger partial charge is 0.252 e. The molecule has 1 amide bonds. The van der Waals surface area contributed by atoms with Crippen LogP contribution in [0.4, 0.5) is 0 Å². The molecule has 0 aromatic heterocycles. The van der Waals surface area contributed by atoms with Gasteiger partial charge in [0, 0.05) is 11.8 Å². The Balaban J connectivity index is 1.57. The molecular weight excluding hydrogens is 404 g/mol. The number of sulfone groups is 1. The molecule has 2 aromatic rings. The highest BCUT2D eigenvalue weighted by Gasteiger charge is 2.48. The molecule has 2 atom stereocenters. The molecule has 29 heavy (non-hydrogen) atoms. The maximum atomic E-state index is 12.6. The molecule has 2 aliphatic heterocycles. The van der Waals surface area contributed by atoms with Crippen LogP contribution < -0.4 is 0 Å². The van der Waals surface area contributed by atoms with E-state index in [0.717, 1.165) is 16.7 Å². The van der Waals surface area contributed by atoms with Crippen LogP contribution in [0.3, 0.4) is 0 Å². The molecule has 2 heterocycles. The number of aliphatic imine (C=N–C) groups is 1. The Labute approximate surface area is 176 Å². The fraction of sp³-hybridized carbons (Fsp3) is 0.364. The summed E-state index contributed by atoms with van der Waals surface area (Å²) in [7, 11) is -3.05. The van der Waals surface area contributed by atoms with Gasteiger partial charge in [0.2, 0.25) is 0 Å². The number of amides is 1. The minimum absolute atomic E-state index is 0.0593. The van der Waals surface area contributed by atoms with Crippen LogP contribution in [0, 0.1) is 13.8 Å². The molecule has 0 N–H and O–H groups in total. The molecule has 2 aliphatic rings. The van der Waals surface area contributed by atoms with Crippen molar-refractivity contribution < 1.29 is 13.2 Å². The highest BCUT2D eigenvalue weighted by Crippen LogP contribution is 2.39. The summed E-state index contributed by atoms with van der Waals surface area (Å²) in [6, 6.07) is 15.9. The third-order valence-corrected chi connectivity index (χ3v) is 8.55. The maximum Gasteiger partial charge on any atom is 0.252 e. The van der Waals surface area contributed by atoms with Gasteiger partial charge in [-0.15, -0.1) is 0 Å². The van der Waals surface area contributed by atoms with Crippen molar-refractivity contribution in [3.8, 4) is 0 Å². The molecule has 0 radical (unpaired) electrons. The second-order valence-electron chi connectivity index (χ2n) is 7.87. The fourth-order valence-electron chi connectivity index (χ4n) is 3.85. The highest BCUT2D eigenvalue weighted by molar-refractivity contribution is 8.15. The normalized spacial score (nSPS) is 24.1. The molecule has 2 saturated heterocycles. The summed E-state index contributed by atoms with van der Waals surface area (Å²) in [5, 5.41) is 0.587. The number of hydrogen-bond donors (Lipinski definition) is 0. The number of carbonyl (C=O) groups excluding carboxylic acids is 1. The first kappa shape index (κ1) is 20.2. The van der Waals surface area contributed by atoms with Crippen molar-refractivity contribution in [2.75, 3.05) is 11.5 Å². The van der Waals surface area contributed by atoms with Crippen molar-refractivity contribution in [1.29, 1.82) is 0 Å². The topological polar surface area (TPSA) is 66.8 Å². The maximum absolute atomic E-state index is 12.6. The number of carbonyl (C=O) groups is 1. The van der Waals surface area contributed by atoms with E-state index < -0.39 is 9.84 Å². The summed E-state index contributed by atoms with van der Waals surface area (Å²) < 4.78 is 24.3. The van der Waals surface area contributed by atoms with Crippen molar-refractivity contribution in [2.45, 2.75) is 38.1 Å². The SMILES string of the molecule is Cc1ccc(CN2C(=NC(=O)Cc3cccc(C)c3)S[C@H]3CS(=O)(=O)C[C@@H]32)cc1. The van der Waals surface area contributed by atoms with Crippen LogP contribution in [0.25, 0.3) is 0 Å². The average molecular weight is 429 g/mol. The van der Waals surface area contributed by atoms with Crippen LogP contribution in [0.2, 0.25) is 0 Å². The summed E-state index contributed by atoms with van der Waals surface area (Å²) in [5.41, 5.74) is 4.31. The molecular formula is C22H24N2O3S2. The summed E-state index contributed by atoms with van der Waals surface area (Å²) >= 11 is 1.43. The molecule has 0 bridgehead atoms. The average Bonchev–Trinajstić information content (AvgIpc) is 3.09. The van der Waals surface area contributed by atoms with Crippen molar-refractivity contribution in [2.24, 2.45) is 4.99 Å². The predicted octanol–water partition coefficient (Wildman–Crippen LogP) is 3.14. The third-order valence-electron chi connectivity index (χ3n) is 5.31. The Kier molecular flexibility index (Phi) is 5.53. The van der Waals surface area contributed by atoms with Crippen molar-refractivity contribution in [1.82, 2.24) is 4.90 Å². The quantitative estimate of drug-likeness (QED) is 0.748. The van der Waals surface area contributed by atoms with Crippen molar-refractivity contribution in [3.63, 3.8) is 0 Å². The van der Waals surface area contributed by atoms with Crippen LogP contribution in [0.1, 0.15) is 22.3 Å². The monoisotopic (exact) mass is 428 g/mol. The molecule has 152 valence electrons. The van der Waals surface area contributed by atoms with E-state index in [-0.39, 0.29) is 35.1 Å². The van der Waals surface area contributed by atoms with E-state index in [0.29, 0.717) is 11.7 Å². The highest BCUT2D eigenvalue weighted by atomic mass is 32.2. The van der Waals surface area contributed by atoms with E-state index in [2.05, 4.69) is 4.99 Å². The first-order valence-corrected chi connectivity index (χ1v) is 12.4. The van der Waals surface area contributed by atoms with Crippen molar-refractivity contribution in [3.05, 3.63) is 70.8 Å². The molecule has 0 spiro atoms. The van der Waals surface area contributed by atoms with Gasteiger partial charge >= 0.3 is 0 Å². The standard InChI is InChI=1S/C22H24N2O3S2/c1-15-6-8-17(9-7-15)12-24-19-13-29(26,27)14-20(19)28-22(24)23-21(25)11-18-5-3-4-16(2)10-18/h3-10,19-20H,11-14H2,1-2H3/t19-,20-/m0/s1. The van der Waals surface area contributed by atoms with E-state index in [1.807, 2.05) is 67.3 Å². The number of rotatable bonds is 4. The van der Waals surface area contributed by atoms with Crippen LogP contribution in [-0.4, -0.2) is 47.2 Å². The predicted molar refractivity (Wildman–Crippen MR) is 118 cm³/mol. The third kappa shape index (κ3) is 4.73. The Morgan fingerprint density at radius 2 is 1.83 bits per heavy atom. The number of fused-ring (bicyclic) bond motifs is 1. The lowest BCUT2D eigenvalue weighted by Gasteiger charge is -2.24. The van der Waals surface area contributed by atoms with Crippen LogP contribution >= 0.6 is 11.8 Å². The van der Waals surface area contributed by atoms with Gasteiger partial charge in [-0.2, -0.15) is 4.99 Å². The molecule has 4 rings (SSSR count). The zero-order valence-corrected chi connectivity index (χ0v) is 18.2. The van der Waals surface area contributed by atoms with E-state index in [9.17, 15) is 13.2 Å². The number of nitrogens with zero attached hydrogens (tertiary/aromatic N) is 2. The minimum Gasteiger partial charge on any atom is -0.342 e. The Bertz CT molecular complexity index is 1060. The zero-order chi connectivity index (χ0) is 20.6. The molecule has 2 fully saturated rings. The lowest BCUT2D eigenvalue weighted by molar-refractivity contribution is -0.117. The summed E-state index contributed by atoms with van der Waals surface area (Å²) in [6.07, 6.45) is 0.248. The van der Waals surface area contributed by atoms with E-state index >= 15 is 0 Å². The number of amidine groups is 1. The first-order chi connectivity index (χ1) is 13.8. The lowest BCUT2D eigenvalue weighted by Crippen LogP contribution is -2.37. The van der Waals surface area contributed by atoms with Gasteiger partial charge in [0.25, 0.3) is 5.91 Å². The van der Waals surface area contributed by atoms with E-state index in [1.165, 1.54) is 17.3 Å². The molecule has 5 nitrogen and oxygen atoms in total. The molecule has 0 aliphatic carbocycles. The van der Waals surface area contributed by atoms with Gasteiger partial charge in [-0.3, -0.25) is 4.79 Å². The summed E-state index contributed by atoms with van der Waals surface area (Å²) in [4.78, 5) is 19.0. The van der Waals surface area contributed by atoms with Crippen LogP contribution in [-0.2, 0) is 27.6 Å². The van der Waals surface area contributed by atoms with Gasteiger partial charge in [-0.25, -0.2) is 8.42 Å². The Hall–Kier alpha value is -2.12. The summed E-state index contributed by atoms with van der Waals surface area (Å²) in [6.45, 7) is 4.59. The molecule has 0 saturated carbocycles. The van der Waals surface area contributed by atoms with Crippen LogP contribution in [0.5, 0.6) is 0 Å². The Morgan fingerprint density at radius 3 is 2.55 bits per heavy atom. The molecule has 7 heteroatoms. The van der Waals surface area contributed by atoms with Gasteiger partial charge < -0.3 is 4.90 Å². The van der Waals surface area contributed by atoms with Crippen LogP contribution in [0.15, 0.2) is 53.5 Å². The van der Waals surface area contributed by atoms with Crippen molar-refractivity contribution >= 4 is 32.7 Å². The fourth-order valence-corrected chi connectivity index (χ4v) is 7.82. The number of thioether (sulfide) groups is 1. The van der Waals surface area contributed by atoms with E-state index in [1.54, 1.807) is 0 Å². The van der Waals surface area contributed by atoms with Gasteiger partial charge in [0.05, 0.1) is 24.0 Å². The van der Waals surface area contributed by atoms with Gasteiger partial charge in [-0.1, -0.05) is 71.4 Å².